The highest BCUT2D eigenvalue weighted by molar-refractivity contribution is 7.98. The van der Waals surface area contributed by atoms with Gasteiger partial charge in [-0.1, -0.05) is 30.3 Å². The molecule has 0 radical (unpaired) electrons. The largest absolute Gasteiger partial charge is 0.388 e. The van der Waals surface area contributed by atoms with Crippen LogP contribution in [0.2, 0.25) is 0 Å². The van der Waals surface area contributed by atoms with E-state index in [1.54, 1.807) is 0 Å². The fraction of sp³-hybridized carbons (Fsp3) is 0.625. The number of benzene rings is 1. The Hall–Kier alpha value is -0.550. The summed E-state index contributed by atoms with van der Waals surface area (Å²) in [6.07, 6.45) is 3.71. The van der Waals surface area contributed by atoms with Crippen LogP contribution in [0.5, 0.6) is 0 Å². The lowest BCUT2D eigenvalue weighted by molar-refractivity contribution is -0.0258. The Labute approximate surface area is 126 Å². The molecule has 1 aromatic rings. The topological polar surface area (TPSA) is 32.7 Å². The van der Waals surface area contributed by atoms with Crippen LogP contribution in [0.4, 0.5) is 0 Å². The van der Waals surface area contributed by atoms with Crippen LogP contribution in [-0.4, -0.2) is 54.4 Å². The summed E-state index contributed by atoms with van der Waals surface area (Å²) in [6.45, 7) is 3.65. The van der Waals surface area contributed by atoms with E-state index < -0.39 is 6.10 Å². The number of hydrogen-bond acceptors (Lipinski definition) is 4. The number of morpholine rings is 1. The highest BCUT2D eigenvalue weighted by Gasteiger charge is 2.25. The van der Waals surface area contributed by atoms with Gasteiger partial charge in [-0.3, -0.25) is 4.90 Å². The Bertz CT molecular complexity index is 374. The van der Waals surface area contributed by atoms with Crippen molar-refractivity contribution in [3.05, 3.63) is 35.9 Å². The Morgan fingerprint density at radius 2 is 2.20 bits per heavy atom. The first kappa shape index (κ1) is 15.8. The molecule has 0 saturated carbocycles. The summed E-state index contributed by atoms with van der Waals surface area (Å²) in [5, 5.41) is 10.4. The standard InChI is InChI=1S/C16H25NO2S/c1-20-11-5-8-17-9-10-19-13-15(17)12-16(18)14-6-3-2-4-7-14/h2-4,6-7,15-16,18H,5,8-13H2,1H3. The van der Waals surface area contributed by atoms with Crippen molar-refractivity contribution in [2.75, 3.05) is 38.3 Å². The molecule has 1 aliphatic rings. The van der Waals surface area contributed by atoms with E-state index in [1.165, 1.54) is 12.2 Å². The van der Waals surface area contributed by atoms with Crippen LogP contribution < -0.4 is 0 Å². The molecule has 1 aliphatic heterocycles. The minimum atomic E-state index is -0.397. The van der Waals surface area contributed by atoms with E-state index in [-0.39, 0.29) is 0 Å². The van der Waals surface area contributed by atoms with Gasteiger partial charge in [-0.15, -0.1) is 0 Å². The normalized spacial score (nSPS) is 21.8. The Morgan fingerprint density at radius 1 is 1.40 bits per heavy atom. The maximum absolute atomic E-state index is 10.4. The second kappa shape index (κ2) is 8.67. The summed E-state index contributed by atoms with van der Waals surface area (Å²) in [5.74, 6) is 1.20. The zero-order valence-electron chi connectivity index (χ0n) is 12.2. The first-order valence-corrected chi connectivity index (χ1v) is 8.74. The number of ether oxygens (including phenoxy) is 1. The number of thioether (sulfide) groups is 1. The van der Waals surface area contributed by atoms with Gasteiger partial charge in [-0.25, -0.2) is 0 Å². The smallest absolute Gasteiger partial charge is 0.0805 e. The zero-order valence-corrected chi connectivity index (χ0v) is 13.0. The van der Waals surface area contributed by atoms with E-state index in [1.807, 2.05) is 42.1 Å². The molecular formula is C16H25NO2S. The minimum absolute atomic E-state index is 0.334. The lowest BCUT2D eigenvalue weighted by atomic mass is 10.0. The van der Waals surface area contributed by atoms with Gasteiger partial charge in [0.1, 0.15) is 0 Å². The van der Waals surface area contributed by atoms with Gasteiger partial charge in [0, 0.05) is 12.6 Å². The third-order valence-corrected chi connectivity index (χ3v) is 4.52. The number of aliphatic hydroxyl groups is 1. The second-order valence-corrected chi connectivity index (χ2v) is 6.26. The van der Waals surface area contributed by atoms with Crippen LogP contribution in [0.15, 0.2) is 30.3 Å². The van der Waals surface area contributed by atoms with Gasteiger partial charge in [0.25, 0.3) is 0 Å². The molecule has 2 atom stereocenters. The molecule has 0 spiro atoms. The van der Waals surface area contributed by atoms with Crippen molar-refractivity contribution in [3.63, 3.8) is 0 Å². The Balaban J connectivity index is 1.87. The molecule has 1 N–H and O–H groups in total. The van der Waals surface area contributed by atoms with Crippen molar-refractivity contribution in [1.82, 2.24) is 4.90 Å². The molecule has 1 fully saturated rings. The molecule has 1 saturated heterocycles. The molecule has 4 heteroatoms. The molecule has 2 rings (SSSR count). The highest BCUT2D eigenvalue weighted by atomic mass is 32.2. The van der Waals surface area contributed by atoms with Crippen LogP contribution in [0.1, 0.15) is 24.5 Å². The lowest BCUT2D eigenvalue weighted by Gasteiger charge is -2.36. The Morgan fingerprint density at radius 3 is 2.95 bits per heavy atom. The zero-order chi connectivity index (χ0) is 14.2. The lowest BCUT2D eigenvalue weighted by Crippen LogP contribution is -2.46. The van der Waals surface area contributed by atoms with Crippen molar-refractivity contribution >= 4 is 11.8 Å². The van der Waals surface area contributed by atoms with E-state index in [9.17, 15) is 5.11 Å². The fourth-order valence-corrected chi connectivity index (χ4v) is 3.10. The minimum Gasteiger partial charge on any atom is -0.388 e. The monoisotopic (exact) mass is 295 g/mol. The van der Waals surface area contributed by atoms with Crippen molar-refractivity contribution in [2.24, 2.45) is 0 Å². The van der Waals surface area contributed by atoms with Crippen molar-refractivity contribution < 1.29 is 9.84 Å². The van der Waals surface area contributed by atoms with Gasteiger partial charge >= 0.3 is 0 Å². The van der Waals surface area contributed by atoms with Crippen LogP contribution >= 0.6 is 11.8 Å². The summed E-state index contributed by atoms with van der Waals surface area (Å²) in [7, 11) is 0. The van der Waals surface area contributed by atoms with Crippen molar-refractivity contribution in [2.45, 2.75) is 25.0 Å². The molecule has 3 nitrogen and oxygen atoms in total. The SMILES string of the molecule is CSCCCN1CCOCC1CC(O)c1ccccc1. The van der Waals surface area contributed by atoms with E-state index in [0.717, 1.165) is 38.3 Å². The van der Waals surface area contributed by atoms with Gasteiger partial charge in [-0.2, -0.15) is 11.8 Å². The number of nitrogens with zero attached hydrogens (tertiary/aromatic N) is 1. The molecule has 0 aliphatic carbocycles. The van der Waals surface area contributed by atoms with Gasteiger partial charge in [0.15, 0.2) is 0 Å². The molecule has 1 aromatic carbocycles. The summed E-state index contributed by atoms with van der Waals surface area (Å²) in [4.78, 5) is 2.48. The average molecular weight is 295 g/mol. The summed E-state index contributed by atoms with van der Waals surface area (Å²) in [5.41, 5.74) is 1.00. The molecular weight excluding hydrogens is 270 g/mol. The van der Waals surface area contributed by atoms with Gasteiger partial charge in [0.05, 0.1) is 19.3 Å². The molecule has 1 heterocycles. The number of rotatable bonds is 7. The van der Waals surface area contributed by atoms with Crippen LogP contribution in [0.3, 0.4) is 0 Å². The molecule has 0 amide bonds. The number of aliphatic hydroxyl groups excluding tert-OH is 1. The van der Waals surface area contributed by atoms with Crippen LogP contribution in [0, 0.1) is 0 Å². The van der Waals surface area contributed by atoms with E-state index in [2.05, 4.69) is 11.2 Å². The molecule has 112 valence electrons. The molecule has 0 bridgehead atoms. The van der Waals surface area contributed by atoms with E-state index in [0.29, 0.717) is 6.04 Å². The average Bonchev–Trinajstić information content (AvgIpc) is 2.50. The van der Waals surface area contributed by atoms with Crippen LogP contribution in [-0.2, 0) is 4.74 Å². The number of hydrogen-bond donors (Lipinski definition) is 1. The van der Waals surface area contributed by atoms with Gasteiger partial charge in [0.2, 0.25) is 0 Å². The molecule has 2 unspecified atom stereocenters. The third-order valence-electron chi connectivity index (χ3n) is 3.82. The Kier molecular flexibility index (Phi) is 6.87. The summed E-state index contributed by atoms with van der Waals surface area (Å²) in [6, 6.07) is 10.3. The van der Waals surface area contributed by atoms with Gasteiger partial charge in [-0.05, 0) is 37.0 Å². The quantitative estimate of drug-likeness (QED) is 0.784. The summed E-state index contributed by atoms with van der Waals surface area (Å²) >= 11 is 1.89. The predicted molar refractivity (Wildman–Crippen MR) is 85.2 cm³/mol. The molecule has 20 heavy (non-hydrogen) atoms. The van der Waals surface area contributed by atoms with E-state index in [4.69, 9.17) is 4.74 Å². The fourth-order valence-electron chi connectivity index (χ4n) is 2.68. The van der Waals surface area contributed by atoms with Crippen molar-refractivity contribution in [1.29, 1.82) is 0 Å². The van der Waals surface area contributed by atoms with Crippen molar-refractivity contribution in [3.8, 4) is 0 Å². The summed E-state index contributed by atoms with van der Waals surface area (Å²) < 4.78 is 5.60. The molecule has 0 aromatic heterocycles. The third kappa shape index (κ3) is 4.77. The first-order chi connectivity index (χ1) is 9.81. The van der Waals surface area contributed by atoms with Gasteiger partial charge < -0.3 is 9.84 Å². The maximum atomic E-state index is 10.4. The van der Waals surface area contributed by atoms with Crippen LogP contribution in [0.25, 0.3) is 0 Å². The first-order valence-electron chi connectivity index (χ1n) is 7.35. The highest BCUT2D eigenvalue weighted by Crippen LogP contribution is 2.22. The second-order valence-electron chi connectivity index (χ2n) is 5.27. The predicted octanol–water partition coefficient (Wildman–Crippen LogP) is 2.56. The maximum Gasteiger partial charge on any atom is 0.0805 e. The van der Waals surface area contributed by atoms with E-state index >= 15 is 0 Å².